The zero-order valence-corrected chi connectivity index (χ0v) is 17.7. The molecule has 3 atom stereocenters. The van der Waals surface area contributed by atoms with Crippen LogP contribution in [0, 0.1) is 0 Å². The molecule has 0 heterocycles. The van der Waals surface area contributed by atoms with Gasteiger partial charge in [-0.15, -0.1) is 0 Å². The number of hydrogen-bond donors (Lipinski definition) is 4. The minimum atomic E-state index is -1.20. The monoisotopic (exact) mass is 446 g/mol. The van der Waals surface area contributed by atoms with Crippen LogP contribution in [0.25, 0.3) is 0 Å². The van der Waals surface area contributed by atoms with Gasteiger partial charge in [0.15, 0.2) is 23.0 Å². The Kier molecular flexibility index (Phi) is 7.57. The maximum atomic E-state index is 11.5. The molecule has 0 bridgehead atoms. The molecular formula is C23H26O9. The predicted molar refractivity (Wildman–Crippen MR) is 113 cm³/mol. The third-order valence-corrected chi connectivity index (χ3v) is 5.16. The molecule has 2 aromatic carbocycles. The number of aromatic hydroxyl groups is 2. The van der Waals surface area contributed by atoms with Crippen LogP contribution in [0.1, 0.15) is 17.5 Å². The van der Waals surface area contributed by atoms with Gasteiger partial charge in [0.2, 0.25) is 0 Å². The second-order valence-electron chi connectivity index (χ2n) is 7.33. The van der Waals surface area contributed by atoms with Crippen molar-refractivity contribution >= 4 is 5.97 Å². The number of ether oxygens (including phenoxy) is 4. The van der Waals surface area contributed by atoms with Crippen molar-refractivity contribution in [3.8, 4) is 23.0 Å². The molecule has 32 heavy (non-hydrogen) atoms. The molecule has 0 unspecified atom stereocenters. The summed E-state index contributed by atoms with van der Waals surface area (Å²) in [6.45, 7) is 0.115. The molecule has 4 N–H and O–H groups in total. The number of phenols is 2. The summed E-state index contributed by atoms with van der Waals surface area (Å²) in [5.41, 5.74) is 1.31. The Labute approximate surface area is 185 Å². The van der Waals surface area contributed by atoms with E-state index in [9.17, 15) is 25.2 Å². The van der Waals surface area contributed by atoms with Crippen LogP contribution in [0.2, 0.25) is 0 Å². The van der Waals surface area contributed by atoms with Crippen molar-refractivity contribution in [2.45, 2.75) is 37.9 Å². The molecule has 9 nitrogen and oxygen atoms in total. The van der Waals surface area contributed by atoms with Gasteiger partial charge in [0, 0.05) is 12.0 Å². The lowest BCUT2D eigenvalue weighted by molar-refractivity contribution is -0.140. The molecule has 1 aliphatic carbocycles. The molecule has 2 aromatic rings. The minimum absolute atomic E-state index is 0.0296. The van der Waals surface area contributed by atoms with E-state index in [0.717, 1.165) is 0 Å². The first-order chi connectivity index (χ1) is 15.3. The van der Waals surface area contributed by atoms with E-state index in [2.05, 4.69) is 0 Å². The Bertz CT molecular complexity index is 985. The fraction of sp³-hybridized carbons (Fsp3) is 0.348. The number of carboxylic acids is 1. The molecule has 0 aliphatic heterocycles. The van der Waals surface area contributed by atoms with Crippen LogP contribution in [0.15, 0.2) is 48.0 Å². The smallest absolute Gasteiger partial charge is 0.331 e. The van der Waals surface area contributed by atoms with E-state index in [1.54, 1.807) is 24.3 Å². The molecule has 1 aliphatic rings. The molecule has 0 fully saturated rings. The zero-order valence-electron chi connectivity index (χ0n) is 17.7. The third kappa shape index (κ3) is 5.50. The summed E-state index contributed by atoms with van der Waals surface area (Å²) >= 11 is 0. The Hall–Kier alpha value is -3.27. The summed E-state index contributed by atoms with van der Waals surface area (Å²) < 4.78 is 21.8. The number of aliphatic hydroxyl groups excluding tert-OH is 1. The molecule has 0 radical (unpaired) electrons. The summed E-state index contributed by atoms with van der Waals surface area (Å²) in [6.07, 6.45) is -1.51. The number of rotatable bonds is 9. The summed E-state index contributed by atoms with van der Waals surface area (Å²) in [7, 11) is 2.89. The first kappa shape index (κ1) is 23.4. The van der Waals surface area contributed by atoms with Gasteiger partial charge in [-0.05, 0) is 41.5 Å². The van der Waals surface area contributed by atoms with Crippen LogP contribution in [0.5, 0.6) is 23.0 Å². The molecule has 172 valence electrons. The second-order valence-corrected chi connectivity index (χ2v) is 7.33. The maximum Gasteiger partial charge on any atom is 0.331 e. The van der Waals surface area contributed by atoms with Gasteiger partial charge in [-0.1, -0.05) is 12.1 Å². The maximum absolute atomic E-state index is 11.5. The number of methoxy groups -OCH3 is 2. The largest absolute Gasteiger partial charge is 0.504 e. The number of carboxylic acid groups (broad SMARTS) is 1. The van der Waals surface area contributed by atoms with Crippen molar-refractivity contribution in [2.24, 2.45) is 0 Å². The van der Waals surface area contributed by atoms with Gasteiger partial charge in [0.05, 0.1) is 33.5 Å². The molecule has 0 spiro atoms. The Morgan fingerprint density at radius 3 is 1.94 bits per heavy atom. The highest BCUT2D eigenvalue weighted by atomic mass is 16.5. The average Bonchev–Trinajstić information content (AvgIpc) is 2.76. The lowest BCUT2D eigenvalue weighted by Gasteiger charge is -2.33. The molecule has 3 rings (SSSR count). The first-order valence-electron chi connectivity index (χ1n) is 9.89. The lowest BCUT2D eigenvalue weighted by atomic mass is 9.91. The van der Waals surface area contributed by atoms with E-state index in [1.807, 2.05) is 0 Å². The Balaban J connectivity index is 1.73. The number of carbonyl (C=O) groups is 1. The van der Waals surface area contributed by atoms with Crippen LogP contribution in [0.3, 0.4) is 0 Å². The molecule has 0 amide bonds. The normalized spacial score (nSPS) is 20.5. The molecule has 9 heteroatoms. The van der Waals surface area contributed by atoms with E-state index in [-0.39, 0.29) is 36.7 Å². The summed E-state index contributed by atoms with van der Waals surface area (Å²) in [4.78, 5) is 11.5. The van der Waals surface area contributed by atoms with E-state index in [1.165, 1.54) is 32.4 Å². The van der Waals surface area contributed by atoms with Crippen molar-refractivity contribution < 1.29 is 44.2 Å². The van der Waals surface area contributed by atoms with Crippen LogP contribution < -0.4 is 9.47 Å². The SMILES string of the molecule is COc1ccc(CO[C@@H]2[C@H](O)C=C(C(=O)O)C[C@H]2OCc2ccc(OC)c(O)c2)cc1O. The molecule has 0 saturated heterocycles. The van der Waals surface area contributed by atoms with Crippen LogP contribution in [-0.2, 0) is 27.5 Å². The van der Waals surface area contributed by atoms with E-state index in [0.29, 0.717) is 22.6 Å². The quantitative estimate of drug-likeness (QED) is 0.458. The average molecular weight is 446 g/mol. The van der Waals surface area contributed by atoms with E-state index < -0.39 is 24.3 Å². The van der Waals surface area contributed by atoms with E-state index >= 15 is 0 Å². The zero-order chi connectivity index (χ0) is 23.3. The van der Waals surface area contributed by atoms with Gasteiger partial charge < -0.3 is 39.4 Å². The van der Waals surface area contributed by atoms with Gasteiger partial charge in [-0.2, -0.15) is 0 Å². The van der Waals surface area contributed by atoms with Gasteiger partial charge in [0.25, 0.3) is 0 Å². The minimum Gasteiger partial charge on any atom is -0.504 e. The summed E-state index contributed by atoms with van der Waals surface area (Å²) in [6, 6.07) is 9.59. The first-order valence-corrected chi connectivity index (χ1v) is 9.89. The standard InChI is InChI=1S/C23H26O9/c1-29-19-5-3-13(7-16(19)24)11-31-21-10-15(23(27)28)9-18(26)22(21)32-12-14-4-6-20(30-2)17(25)8-14/h3-9,18,21-22,24-26H,10-12H2,1-2H3,(H,27,28)/t18-,21-,22-/m1/s1. The number of phenolic OH excluding ortho intramolecular Hbond substituents is 2. The van der Waals surface area contributed by atoms with Gasteiger partial charge >= 0.3 is 5.97 Å². The third-order valence-electron chi connectivity index (χ3n) is 5.16. The number of benzene rings is 2. The topological polar surface area (TPSA) is 135 Å². The number of aliphatic carboxylic acids is 1. The second kappa shape index (κ2) is 10.4. The van der Waals surface area contributed by atoms with Crippen molar-refractivity contribution in [1.82, 2.24) is 0 Å². The fourth-order valence-electron chi connectivity index (χ4n) is 3.49. The van der Waals surface area contributed by atoms with Crippen molar-refractivity contribution in [1.29, 1.82) is 0 Å². The van der Waals surface area contributed by atoms with Gasteiger partial charge in [-0.3, -0.25) is 0 Å². The predicted octanol–water partition coefficient (Wildman–Crippen LogP) is 2.36. The highest BCUT2D eigenvalue weighted by Gasteiger charge is 2.36. The molecule has 0 saturated carbocycles. The highest BCUT2D eigenvalue weighted by molar-refractivity contribution is 5.87. The molecular weight excluding hydrogens is 420 g/mol. The van der Waals surface area contributed by atoms with Gasteiger partial charge in [0.1, 0.15) is 12.2 Å². The van der Waals surface area contributed by atoms with Crippen molar-refractivity contribution in [3.63, 3.8) is 0 Å². The van der Waals surface area contributed by atoms with Crippen LogP contribution >= 0.6 is 0 Å². The lowest BCUT2D eigenvalue weighted by Crippen LogP contribution is -2.44. The van der Waals surface area contributed by atoms with Crippen LogP contribution in [-0.4, -0.2) is 58.9 Å². The van der Waals surface area contributed by atoms with E-state index in [4.69, 9.17) is 18.9 Å². The fourth-order valence-corrected chi connectivity index (χ4v) is 3.49. The number of hydrogen-bond acceptors (Lipinski definition) is 8. The molecule has 0 aromatic heterocycles. The number of aliphatic hydroxyl groups is 1. The van der Waals surface area contributed by atoms with Gasteiger partial charge in [-0.25, -0.2) is 4.79 Å². The summed E-state index contributed by atoms with van der Waals surface area (Å²) in [5, 5.41) is 39.8. The Morgan fingerprint density at radius 1 is 0.938 bits per heavy atom. The Morgan fingerprint density at radius 2 is 1.47 bits per heavy atom. The highest BCUT2D eigenvalue weighted by Crippen LogP contribution is 2.30. The summed E-state index contributed by atoms with van der Waals surface area (Å²) in [5.74, 6) is -0.585. The van der Waals surface area contributed by atoms with Crippen molar-refractivity contribution in [3.05, 3.63) is 59.2 Å². The van der Waals surface area contributed by atoms with Crippen molar-refractivity contribution in [2.75, 3.05) is 14.2 Å². The van der Waals surface area contributed by atoms with Crippen LogP contribution in [0.4, 0.5) is 0 Å².